The average Bonchev–Trinajstić information content (AvgIpc) is 3.49. The molecule has 0 saturated carbocycles. The number of carbonyl (C=O) groups is 1. The molecule has 12 heteroatoms. The zero-order valence-electron chi connectivity index (χ0n) is 19.9. The van der Waals surface area contributed by atoms with Gasteiger partial charge in [0.25, 0.3) is 11.6 Å². The van der Waals surface area contributed by atoms with E-state index in [0.29, 0.717) is 29.3 Å². The molecule has 2 aromatic carbocycles. The smallest absolute Gasteiger partial charge is 0.288 e. The van der Waals surface area contributed by atoms with Crippen molar-refractivity contribution in [3.8, 4) is 0 Å². The SMILES string of the molecule is O=C(NCc1ccc(S(=O)(=O)c2cc(F)cc(F)c2)cc1)c1ccc2n(cc[n+]2C2OC(CO)CC2O)c1. The van der Waals surface area contributed by atoms with Crippen LogP contribution < -0.4 is 9.88 Å². The molecule has 3 atom stereocenters. The fraction of sp³-hybridized carbons (Fsp3) is 0.231. The van der Waals surface area contributed by atoms with Crippen molar-refractivity contribution in [2.45, 2.75) is 41.2 Å². The summed E-state index contributed by atoms with van der Waals surface area (Å²) in [6, 6.07) is 11.1. The van der Waals surface area contributed by atoms with E-state index in [9.17, 15) is 32.2 Å². The predicted octanol–water partition coefficient (Wildman–Crippen LogP) is 1.91. The Labute approximate surface area is 216 Å². The Balaban J connectivity index is 1.26. The van der Waals surface area contributed by atoms with Gasteiger partial charge in [0.2, 0.25) is 16.1 Å². The second-order valence-electron chi connectivity index (χ2n) is 8.96. The molecule has 4 aromatic rings. The minimum atomic E-state index is -4.12. The molecule has 1 fully saturated rings. The Kier molecular flexibility index (Phi) is 6.97. The summed E-state index contributed by atoms with van der Waals surface area (Å²) < 4.78 is 61.5. The second-order valence-corrected chi connectivity index (χ2v) is 10.9. The number of sulfone groups is 1. The summed E-state index contributed by atoms with van der Waals surface area (Å²) in [5.41, 5.74) is 1.67. The van der Waals surface area contributed by atoms with Crippen LogP contribution in [-0.2, 0) is 21.1 Å². The Morgan fingerprint density at radius 3 is 2.45 bits per heavy atom. The molecule has 1 amide bonds. The van der Waals surface area contributed by atoms with E-state index in [1.165, 1.54) is 24.3 Å². The molecule has 1 aliphatic rings. The first-order chi connectivity index (χ1) is 18.2. The average molecular weight is 545 g/mol. The van der Waals surface area contributed by atoms with Crippen molar-refractivity contribution >= 4 is 21.4 Å². The Bertz CT molecular complexity index is 1590. The first kappa shape index (κ1) is 25.9. The summed E-state index contributed by atoms with van der Waals surface area (Å²) >= 11 is 0. The normalized spacial score (nSPS) is 19.6. The van der Waals surface area contributed by atoms with Crippen molar-refractivity contribution in [3.05, 3.63) is 95.9 Å². The highest BCUT2D eigenvalue weighted by Crippen LogP contribution is 2.26. The zero-order valence-corrected chi connectivity index (χ0v) is 20.7. The van der Waals surface area contributed by atoms with Crippen molar-refractivity contribution in [1.82, 2.24) is 9.72 Å². The summed E-state index contributed by atoms with van der Waals surface area (Å²) in [7, 11) is -4.12. The van der Waals surface area contributed by atoms with Crippen LogP contribution in [0.15, 0.2) is 83.0 Å². The van der Waals surface area contributed by atoms with E-state index in [2.05, 4.69) is 5.32 Å². The third-order valence-electron chi connectivity index (χ3n) is 6.35. The first-order valence-corrected chi connectivity index (χ1v) is 13.2. The van der Waals surface area contributed by atoms with Crippen LogP contribution in [0.25, 0.3) is 5.65 Å². The molecule has 0 spiro atoms. The molecule has 0 radical (unpaired) electrons. The summed E-state index contributed by atoms with van der Waals surface area (Å²) in [5, 5.41) is 22.4. The molecule has 3 heterocycles. The maximum atomic E-state index is 13.5. The molecule has 1 saturated heterocycles. The number of halogens is 2. The van der Waals surface area contributed by atoms with Gasteiger partial charge in [0.05, 0.1) is 28.1 Å². The number of carbonyl (C=O) groups excluding carboxylic acids is 1. The van der Waals surface area contributed by atoms with E-state index in [1.54, 1.807) is 39.7 Å². The van der Waals surface area contributed by atoms with Crippen molar-refractivity contribution in [3.63, 3.8) is 0 Å². The van der Waals surface area contributed by atoms with E-state index >= 15 is 0 Å². The maximum Gasteiger partial charge on any atom is 0.288 e. The van der Waals surface area contributed by atoms with Crippen LogP contribution in [0.1, 0.15) is 28.6 Å². The molecular formula is C26H24F2N3O6S+. The monoisotopic (exact) mass is 544 g/mol. The number of amides is 1. The largest absolute Gasteiger partial charge is 0.394 e. The number of pyridine rings is 1. The van der Waals surface area contributed by atoms with Gasteiger partial charge in [-0.05, 0) is 35.9 Å². The number of rotatable bonds is 7. The molecule has 0 bridgehead atoms. The van der Waals surface area contributed by atoms with Gasteiger partial charge in [0.1, 0.15) is 36.3 Å². The van der Waals surface area contributed by atoms with Gasteiger partial charge in [-0.3, -0.25) is 4.79 Å². The van der Waals surface area contributed by atoms with Gasteiger partial charge >= 0.3 is 0 Å². The molecule has 198 valence electrons. The van der Waals surface area contributed by atoms with E-state index in [-0.39, 0.29) is 24.0 Å². The molecule has 1 aliphatic heterocycles. The van der Waals surface area contributed by atoms with Gasteiger partial charge < -0.3 is 20.3 Å². The highest BCUT2D eigenvalue weighted by Gasteiger charge is 2.39. The summed E-state index contributed by atoms with van der Waals surface area (Å²) in [5.74, 6) is -2.34. The number of aliphatic hydroxyl groups excluding tert-OH is 2. The maximum absolute atomic E-state index is 13.5. The zero-order chi connectivity index (χ0) is 27.0. The van der Waals surface area contributed by atoms with Crippen LogP contribution in [0, 0.1) is 11.6 Å². The minimum Gasteiger partial charge on any atom is -0.394 e. The number of fused-ring (bicyclic) bond motifs is 1. The van der Waals surface area contributed by atoms with Crippen molar-refractivity contribution in [1.29, 1.82) is 0 Å². The first-order valence-electron chi connectivity index (χ1n) is 11.7. The molecule has 5 rings (SSSR count). The predicted molar refractivity (Wildman–Crippen MR) is 129 cm³/mol. The number of aliphatic hydroxyl groups is 2. The lowest BCUT2D eigenvalue weighted by atomic mass is 10.2. The number of benzene rings is 2. The summed E-state index contributed by atoms with van der Waals surface area (Å²) in [4.78, 5) is 12.1. The van der Waals surface area contributed by atoms with Gasteiger partial charge in [-0.25, -0.2) is 26.2 Å². The lowest BCUT2D eigenvalue weighted by Gasteiger charge is -2.11. The Hall–Kier alpha value is -3.71. The lowest BCUT2D eigenvalue weighted by molar-refractivity contribution is -0.743. The molecule has 0 aliphatic carbocycles. The van der Waals surface area contributed by atoms with Crippen molar-refractivity contribution in [2.24, 2.45) is 0 Å². The van der Waals surface area contributed by atoms with Crippen LogP contribution >= 0.6 is 0 Å². The van der Waals surface area contributed by atoms with Gasteiger partial charge in [0, 0.05) is 25.1 Å². The topological polar surface area (TPSA) is 121 Å². The highest BCUT2D eigenvalue weighted by molar-refractivity contribution is 7.91. The number of imidazole rings is 1. The highest BCUT2D eigenvalue weighted by atomic mass is 32.2. The van der Waals surface area contributed by atoms with E-state index in [1.807, 2.05) is 0 Å². The summed E-state index contributed by atoms with van der Waals surface area (Å²) in [6.07, 6.45) is 3.52. The molecular weight excluding hydrogens is 520 g/mol. The molecule has 9 nitrogen and oxygen atoms in total. The number of nitrogens with zero attached hydrogens (tertiary/aromatic N) is 2. The third-order valence-corrected chi connectivity index (χ3v) is 8.09. The Morgan fingerprint density at radius 2 is 1.79 bits per heavy atom. The summed E-state index contributed by atoms with van der Waals surface area (Å²) in [6.45, 7) is -0.0715. The number of hydrogen-bond donors (Lipinski definition) is 3. The quantitative estimate of drug-likeness (QED) is 0.306. The van der Waals surface area contributed by atoms with Crippen LogP contribution in [0.2, 0.25) is 0 Å². The van der Waals surface area contributed by atoms with Gasteiger partial charge in [0.15, 0.2) is 0 Å². The fourth-order valence-corrected chi connectivity index (χ4v) is 5.71. The number of aromatic nitrogens is 2. The number of hydrogen-bond acceptors (Lipinski definition) is 6. The van der Waals surface area contributed by atoms with Gasteiger partial charge in [-0.15, -0.1) is 0 Å². The van der Waals surface area contributed by atoms with E-state index in [4.69, 9.17) is 4.74 Å². The van der Waals surface area contributed by atoms with Crippen LogP contribution in [0.4, 0.5) is 8.78 Å². The van der Waals surface area contributed by atoms with Crippen molar-refractivity contribution < 1.29 is 41.5 Å². The molecule has 3 unspecified atom stereocenters. The standard InChI is InChI=1S/C26H23F2N3O6S/c27-18-9-19(28)11-22(10-18)38(35,36)21-4-1-16(2-5-21)13-29-25(34)17-3-6-24-30(14-17)7-8-31(24)26-23(33)12-20(15-32)37-26/h1-11,14,20,23,26,32-33H,12-13,15H2/p+1. The van der Waals surface area contributed by atoms with E-state index < -0.39 is 44.8 Å². The molecule has 3 N–H and O–H groups in total. The van der Waals surface area contributed by atoms with Crippen molar-refractivity contribution in [2.75, 3.05) is 6.61 Å². The van der Waals surface area contributed by atoms with Crippen LogP contribution in [-0.4, -0.2) is 47.8 Å². The Morgan fingerprint density at radius 1 is 1.08 bits per heavy atom. The van der Waals surface area contributed by atoms with Crippen LogP contribution in [0.3, 0.4) is 0 Å². The van der Waals surface area contributed by atoms with Gasteiger partial charge in [-0.2, -0.15) is 0 Å². The number of ether oxygens (including phenoxy) is 1. The number of nitrogens with one attached hydrogen (secondary N) is 1. The van der Waals surface area contributed by atoms with E-state index in [0.717, 1.165) is 12.1 Å². The molecule has 2 aromatic heterocycles. The van der Waals surface area contributed by atoms with Gasteiger partial charge in [-0.1, -0.05) is 12.1 Å². The van der Waals surface area contributed by atoms with Crippen LogP contribution in [0.5, 0.6) is 0 Å². The lowest BCUT2D eigenvalue weighted by Crippen LogP contribution is -2.43. The minimum absolute atomic E-state index is 0.113. The second kappa shape index (κ2) is 10.2. The fourth-order valence-electron chi connectivity index (χ4n) is 4.41. The molecule has 38 heavy (non-hydrogen) atoms. The third kappa shape index (κ3) is 5.03.